The summed E-state index contributed by atoms with van der Waals surface area (Å²) in [5.41, 5.74) is -0.514. The predicted octanol–water partition coefficient (Wildman–Crippen LogP) is 9.09. The summed E-state index contributed by atoms with van der Waals surface area (Å²) in [6.45, 7) is 0. The lowest BCUT2D eigenvalue weighted by atomic mass is 9.95. The second kappa shape index (κ2) is 22.4. The molecule has 0 bridgehead atoms. The number of nitro benzene ring substituents is 4. The Bertz CT molecular complexity index is 1960. The third-order valence-electron chi connectivity index (χ3n) is 9.29. The predicted molar refractivity (Wildman–Crippen MR) is 213 cm³/mol. The molecule has 24 nitrogen and oxygen atoms in total. The molecule has 2 aliphatic carbocycles. The van der Waals surface area contributed by atoms with Gasteiger partial charge in [0.15, 0.2) is 0 Å². The maximum atomic E-state index is 11.9. The van der Waals surface area contributed by atoms with Crippen LogP contribution < -0.4 is 18.9 Å². The van der Waals surface area contributed by atoms with Crippen molar-refractivity contribution in [2.24, 2.45) is 0 Å². The monoisotopic (exact) mass is 892 g/mol. The van der Waals surface area contributed by atoms with Crippen molar-refractivity contribution in [3.05, 3.63) is 138 Å². The van der Waals surface area contributed by atoms with E-state index in [0.717, 1.165) is 0 Å². The van der Waals surface area contributed by atoms with E-state index in [4.69, 9.17) is 37.9 Å². The van der Waals surface area contributed by atoms with Crippen molar-refractivity contribution in [2.45, 2.75) is 75.8 Å². The van der Waals surface area contributed by atoms with Crippen molar-refractivity contribution in [1.82, 2.24) is 0 Å². The molecule has 2 aliphatic rings. The largest absolute Gasteiger partial charge is 0.514 e. The first-order valence-corrected chi connectivity index (χ1v) is 19.1. The number of hydrogen-bond donors (Lipinski definition) is 0. The standard InChI is InChI=1S/2C20H18N2O10/c2*23-19(29-15-5-1-13(2-6-15)21(25)26)31-17-9-11-18(12-10-17)32-20(24)30-16-7-3-14(4-8-16)22(27)28/h2*1-8,17-18H,9-12H2. The molecule has 0 aromatic heterocycles. The van der Waals surface area contributed by atoms with Crippen LogP contribution in [0.1, 0.15) is 51.4 Å². The first kappa shape index (κ1) is 46.6. The lowest BCUT2D eigenvalue weighted by Crippen LogP contribution is -2.31. The van der Waals surface area contributed by atoms with E-state index in [1.165, 1.54) is 97.1 Å². The van der Waals surface area contributed by atoms with E-state index in [2.05, 4.69) is 0 Å². The Morgan fingerprint density at radius 2 is 0.484 bits per heavy atom. The molecular weight excluding hydrogens is 856 g/mol. The minimum Gasteiger partial charge on any atom is -0.431 e. The summed E-state index contributed by atoms with van der Waals surface area (Å²) in [6, 6.07) is 20.0. The van der Waals surface area contributed by atoms with Gasteiger partial charge in [0.25, 0.3) is 22.7 Å². The van der Waals surface area contributed by atoms with Crippen molar-refractivity contribution in [3.8, 4) is 23.0 Å². The highest BCUT2D eigenvalue weighted by atomic mass is 16.7. The molecular formula is C40H36N4O20. The van der Waals surface area contributed by atoms with Crippen molar-refractivity contribution < 1.29 is 76.8 Å². The van der Waals surface area contributed by atoms with Crippen LogP contribution in [0, 0.1) is 40.5 Å². The van der Waals surface area contributed by atoms with Crippen LogP contribution in [0.15, 0.2) is 97.1 Å². The molecule has 64 heavy (non-hydrogen) atoms. The highest BCUT2D eigenvalue weighted by Gasteiger charge is 2.29. The number of benzene rings is 4. The van der Waals surface area contributed by atoms with E-state index >= 15 is 0 Å². The summed E-state index contributed by atoms with van der Waals surface area (Å²) in [4.78, 5) is 87.9. The summed E-state index contributed by atoms with van der Waals surface area (Å²) < 4.78 is 40.9. The molecule has 0 N–H and O–H groups in total. The molecule has 0 amide bonds. The third kappa shape index (κ3) is 14.9. The van der Waals surface area contributed by atoms with Crippen LogP contribution in [0.5, 0.6) is 23.0 Å². The minimum absolute atomic E-state index is 0.117. The lowest BCUT2D eigenvalue weighted by molar-refractivity contribution is -0.385. The number of nitro groups is 4. The van der Waals surface area contributed by atoms with Crippen molar-refractivity contribution in [1.29, 1.82) is 0 Å². The van der Waals surface area contributed by atoms with Crippen LogP contribution in [0.2, 0.25) is 0 Å². The van der Waals surface area contributed by atoms with Gasteiger partial charge in [-0.2, -0.15) is 0 Å². The molecule has 6 rings (SSSR count). The first-order valence-electron chi connectivity index (χ1n) is 19.1. The zero-order valence-corrected chi connectivity index (χ0v) is 33.2. The van der Waals surface area contributed by atoms with Gasteiger partial charge in [-0.05, 0) is 99.9 Å². The molecule has 2 saturated carbocycles. The first-order chi connectivity index (χ1) is 30.6. The molecule has 2 fully saturated rings. The Kier molecular flexibility index (Phi) is 16.3. The minimum atomic E-state index is -0.930. The maximum Gasteiger partial charge on any atom is 0.514 e. The van der Waals surface area contributed by atoms with Gasteiger partial charge in [0, 0.05) is 48.5 Å². The van der Waals surface area contributed by atoms with Gasteiger partial charge in [-0.25, -0.2) is 19.2 Å². The normalized spacial score (nSPS) is 17.6. The van der Waals surface area contributed by atoms with Crippen molar-refractivity contribution >= 4 is 47.4 Å². The molecule has 0 spiro atoms. The average Bonchev–Trinajstić information content (AvgIpc) is 3.26. The molecule has 0 heterocycles. The summed E-state index contributed by atoms with van der Waals surface area (Å²) in [7, 11) is 0. The molecule has 4 aromatic rings. The SMILES string of the molecule is O=C(Oc1ccc([N+](=O)[O-])cc1)OC1CCC(OC(=O)Oc2ccc([N+](=O)[O-])cc2)CC1.O=C(Oc1ccc([N+](=O)[O-])cc1)OC1CCC(OC(=O)Oc2ccc([N+](=O)[O-])cc2)CC1. The molecule has 336 valence electrons. The Balaban J connectivity index is 0.000000241. The number of hydrogen-bond acceptors (Lipinski definition) is 20. The van der Waals surface area contributed by atoms with Gasteiger partial charge in [0.1, 0.15) is 47.4 Å². The molecule has 24 heteroatoms. The van der Waals surface area contributed by atoms with Crippen LogP contribution in [0.4, 0.5) is 41.9 Å². The highest BCUT2D eigenvalue weighted by molar-refractivity contribution is 5.66. The number of carbonyl (C=O) groups is 4. The van der Waals surface area contributed by atoms with Crippen molar-refractivity contribution in [2.75, 3.05) is 0 Å². The molecule has 0 saturated heterocycles. The zero-order chi connectivity index (χ0) is 46.2. The van der Waals surface area contributed by atoms with Gasteiger partial charge in [-0.3, -0.25) is 40.5 Å². The topological polar surface area (TPSA) is 315 Å². The second-order valence-electron chi connectivity index (χ2n) is 13.7. The number of nitrogens with zero attached hydrogens (tertiary/aromatic N) is 4. The van der Waals surface area contributed by atoms with Crippen LogP contribution in [-0.2, 0) is 18.9 Å². The fraction of sp³-hybridized carbons (Fsp3) is 0.300. The number of rotatable bonds is 12. The van der Waals surface area contributed by atoms with E-state index in [1.54, 1.807) is 0 Å². The number of ether oxygens (including phenoxy) is 8. The Morgan fingerprint density at radius 1 is 0.328 bits per heavy atom. The summed E-state index contributed by atoms with van der Waals surface area (Å²) in [6.07, 6.45) is -1.94. The van der Waals surface area contributed by atoms with Crippen LogP contribution >= 0.6 is 0 Å². The maximum absolute atomic E-state index is 11.9. The molecule has 4 aromatic carbocycles. The van der Waals surface area contributed by atoms with Crippen LogP contribution in [0.3, 0.4) is 0 Å². The van der Waals surface area contributed by atoms with E-state index in [1.807, 2.05) is 0 Å². The van der Waals surface area contributed by atoms with E-state index in [-0.39, 0.29) is 45.7 Å². The molecule has 0 aliphatic heterocycles. The fourth-order valence-corrected chi connectivity index (χ4v) is 6.10. The Labute approximate surface area is 360 Å². The Morgan fingerprint density at radius 3 is 0.625 bits per heavy atom. The summed E-state index contributed by atoms with van der Waals surface area (Å²) in [5.74, 6) is 0.469. The van der Waals surface area contributed by atoms with Gasteiger partial charge in [-0.1, -0.05) is 0 Å². The smallest absolute Gasteiger partial charge is 0.431 e. The average molecular weight is 893 g/mol. The molecule has 0 atom stereocenters. The second-order valence-corrected chi connectivity index (χ2v) is 13.7. The quantitative estimate of drug-likeness (QED) is 0.0420. The molecule has 0 unspecified atom stereocenters. The third-order valence-corrected chi connectivity index (χ3v) is 9.29. The van der Waals surface area contributed by atoms with Gasteiger partial charge in [0.05, 0.1) is 19.7 Å². The van der Waals surface area contributed by atoms with Crippen LogP contribution in [-0.4, -0.2) is 68.7 Å². The number of non-ortho nitro benzene ring substituents is 4. The van der Waals surface area contributed by atoms with Gasteiger partial charge in [-0.15, -0.1) is 0 Å². The van der Waals surface area contributed by atoms with Gasteiger partial charge in [0.2, 0.25) is 0 Å². The van der Waals surface area contributed by atoms with Gasteiger partial charge < -0.3 is 37.9 Å². The lowest BCUT2D eigenvalue weighted by Gasteiger charge is -2.27. The van der Waals surface area contributed by atoms with Gasteiger partial charge >= 0.3 is 24.6 Å². The Hall–Kier alpha value is -8.44. The van der Waals surface area contributed by atoms with E-state index in [9.17, 15) is 59.6 Å². The van der Waals surface area contributed by atoms with Crippen LogP contribution in [0.25, 0.3) is 0 Å². The summed E-state index contributed by atoms with van der Waals surface area (Å²) in [5, 5.41) is 42.5. The molecule has 0 radical (unpaired) electrons. The van der Waals surface area contributed by atoms with E-state index < -0.39 is 68.7 Å². The van der Waals surface area contributed by atoms with E-state index in [0.29, 0.717) is 51.4 Å². The highest BCUT2D eigenvalue weighted by Crippen LogP contribution is 2.28. The zero-order valence-electron chi connectivity index (χ0n) is 33.2. The fourth-order valence-electron chi connectivity index (χ4n) is 6.10. The van der Waals surface area contributed by atoms with Crippen molar-refractivity contribution in [3.63, 3.8) is 0 Å². The summed E-state index contributed by atoms with van der Waals surface area (Å²) >= 11 is 0. The number of carbonyl (C=O) groups excluding carboxylic acids is 4.